The second-order valence-electron chi connectivity index (χ2n) is 4.00. The first kappa shape index (κ1) is 12.5. The van der Waals surface area contributed by atoms with Crippen molar-refractivity contribution in [2.24, 2.45) is 0 Å². The van der Waals surface area contributed by atoms with Crippen LogP contribution >= 0.6 is 0 Å². The van der Waals surface area contributed by atoms with Gasteiger partial charge in [0.2, 0.25) is 0 Å². The molecule has 0 spiro atoms. The van der Waals surface area contributed by atoms with Gasteiger partial charge >= 0.3 is 0 Å². The van der Waals surface area contributed by atoms with Crippen molar-refractivity contribution in [3.63, 3.8) is 0 Å². The van der Waals surface area contributed by atoms with Crippen LogP contribution in [0.5, 0.6) is 11.5 Å². The normalized spacial score (nSPS) is 10.1. The second-order valence-corrected chi connectivity index (χ2v) is 4.00. The van der Waals surface area contributed by atoms with E-state index < -0.39 is 0 Å². The van der Waals surface area contributed by atoms with E-state index in [9.17, 15) is 0 Å². The minimum Gasteiger partial charge on any atom is -0.497 e. The SMILES string of the molecule is COc1ccc(C[CH]c2ccccc2OC)cc1. The molecular formula is C16H17O2. The Bertz CT molecular complexity index is 489. The summed E-state index contributed by atoms with van der Waals surface area (Å²) in [6, 6.07) is 16.1. The highest BCUT2D eigenvalue weighted by atomic mass is 16.5. The molecule has 0 heterocycles. The molecule has 0 saturated carbocycles. The molecule has 0 atom stereocenters. The Kier molecular flexibility index (Phi) is 4.24. The number of para-hydroxylation sites is 1. The minimum atomic E-state index is 0.879. The quantitative estimate of drug-likeness (QED) is 0.797. The fourth-order valence-electron chi connectivity index (χ4n) is 1.82. The number of hydrogen-bond donors (Lipinski definition) is 0. The molecule has 2 aromatic carbocycles. The Hall–Kier alpha value is -1.96. The van der Waals surface area contributed by atoms with Crippen LogP contribution in [0.1, 0.15) is 11.1 Å². The van der Waals surface area contributed by atoms with Gasteiger partial charge in [-0.25, -0.2) is 0 Å². The zero-order valence-electron chi connectivity index (χ0n) is 10.7. The van der Waals surface area contributed by atoms with E-state index in [-0.39, 0.29) is 0 Å². The van der Waals surface area contributed by atoms with Crippen LogP contribution in [0.4, 0.5) is 0 Å². The molecule has 0 fully saturated rings. The molecule has 0 aliphatic carbocycles. The largest absolute Gasteiger partial charge is 0.497 e. The lowest BCUT2D eigenvalue weighted by molar-refractivity contribution is 0.412. The van der Waals surface area contributed by atoms with E-state index in [2.05, 4.69) is 24.6 Å². The van der Waals surface area contributed by atoms with Gasteiger partial charge in [0.25, 0.3) is 0 Å². The third-order valence-corrected chi connectivity index (χ3v) is 2.86. The molecule has 0 aromatic heterocycles. The van der Waals surface area contributed by atoms with Gasteiger partial charge in [0.15, 0.2) is 0 Å². The number of hydrogen-bond acceptors (Lipinski definition) is 2. The summed E-state index contributed by atoms with van der Waals surface area (Å²) >= 11 is 0. The van der Waals surface area contributed by atoms with Crippen molar-refractivity contribution in [1.29, 1.82) is 0 Å². The predicted molar refractivity (Wildman–Crippen MR) is 73.1 cm³/mol. The van der Waals surface area contributed by atoms with Crippen LogP contribution in [0, 0.1) is 6.42 Å². The molecule has 93 valence electrons. The van der Waals surface area contributed by atoms with Gasteiger partial charge in [-0.3, -0.25) is 0 Å². The van der Waals surface area contributed by atoms with Gasteiger partial charge in [-0.1, -0.05) is 30.3 Å². The van der Waals surface area contributed by atoms with Crippen LogP contribution in [-0.2, 0) is 6.42 Å². The van der Waals surface area contributed by atoms with Gasteiger partial charge in [-0.05, 0) is 42.2 Å². The average Bonchev–Trinajstić information content (AvgIpc) is 2.46. The van der Waals surface area contributed by atoms with E-state index in [1.54, 1.807) is 14.2 Å². The lowest BCUT2D eigenvalue weighted by Crippen LogP contribution is -1.93. The Labute approximate surface area is 108 Å². The predicted octanol–water partition coefficient (Wildman–Crippen LogP) is 3.50. The Morgan fingerprint density at radius 1 is 0.889 bits per heavy atom. The number of benzene rings is 2. The van der Waals surface area contributed by atoms with Crippen molar-refractivity contribution >= 4 is 0 Å². The minimum absolute atomic E-state index is 0.879. The number of ether oxygens (including phenoxy) is 2. The van der Waals surface area contributed by atoms with Gasteiger partial charge < -0.3 is 9.47 Å². The van der Waals surface area contributed by atoms with Crippen LogP contribution in [0.25, 0.3) is 0 Å². The summed E-state index contributed by atoms with van der Waals surface area (Å²) in [5.41, 5.74) is 2.37. The fraction of sp³-hybridized carbons (Fsp3) is 0.188. The zero-order valence-corrected chi connectivity index (χ0v) is 10.7. The third kappa shape index (κ3) is 3.04. The van der Waals surface area contributed by atoms with Crippen molar-refractivity contribution in [3.8, 4) is 11.5 Å². The molecule has 0 unspecified atom stereocenters. The first-order valence-corrected chi connectivity index (χ1v) is 5.92. The molecule has 0 N–H and O–H groups in total. The van der Waals surface area contributed by atoms with E-state index >= 15 is 0 Å². The Morgan fingerprint density at radius 2 is 1.61 bits per heavy atom. The maximum Gasteiger partial charge on any atom is 0.122 e. The van der Waals surface area contributed by atoms with Crippen LogP contribution in [-0.4, -0.2) is 14.2 Å². The van der Waals surface area contributed by atoms with Crippen molar-refractivity contribution in [1.82, 2.24) is 0 Å². The van der Waals surface area contributed by atoms with E-state index in [1.165, 1.54) is 5.56 Å². The van der Waals surface area contributed by atoms with Crippen molar-refractivity contribution < 1.29 is 9.47 Å². The molecule has 0 saturated heterocycles. The maximum atomic E-state index is 5.32. The summed E-state index contributed by atoms with van der Waals surface area (Å²) in [4.78, 5) is 0. The maximum absolute atomic E-state index is 5.32. The van der Waals surface area contributed by atoms with E-state index in [4.69, 9.17) is 9.47 Å². The molecule has 18 heavy (non-hydrogen) atoms. The molecule has 0 bridgehead atoms. The molecule has 0 aliphatic heterocycles. The van der Waals surface area contributed by atoms with Crippen LogP contribution < -0.4 is 9.47 Å². The smallest absolute Gasteiger partial charge is 0.122 e. The molecule has 2 aromatic rings. The standard InChI is InChI=1S/C16H17O2/c1-17-15-11-8-13(9-12-15)7-10-14-5-3-4-6-16(14)18-2/h3-6,8-12H,7H2,1-2H3. The summed E-state index contributed by atoms with van der Waals surface area (Å²) in [6.07, 6.45) is 3.05. The molecule has 2 heteroatoms. The first-order chi connectivity index (χ1) is 8.83. The number of methoxy groups -OCH3 is 2. The summed E-state index contributed by atoms with van der Waals surface area (Å²) in [7, 11) is 3.37. The van der Waals surface area contributed by atoms with E-state index in [0.29, 0.717) is 0 Å². The Balaban J connectivity index is 2.02. The highest BCUT2D eigenvalue weighted by Gasteiger charge is 2.02. The van der Waals surface area contributed by atoms with Gasteiger partial charge in [-0.2, -0.15) is 0 Å². The Morgan fingerprint density at radius 3 is 2.28 bits per heavy atom. The summed E-state index contributed by atoms with van der Waals surface area (Å²) < 4.78 is 10.5. The molecule has 0 amide bonds. The van der Waals surface area contributed by atoms with Gasteiger partial charge in [0, 0.05) is 0 Å². The lowest BCUT2D eigenvalue weighted by Gasteiger charge is -2.08. The summed E-state index contributed by atoms with van der Waals surface area (Å²) in [6.45, 7) is 0. The van der Waals surface area contributed by atoms with Gasteiger partial charge in [-0.15, -0.1) is 0 Å². The molecule has 1 radical (unpaired) electrons. The van der Waals surface area contributed by atoms with Gasteiger partial charge in [0.05, 0.1) is 14.2 Å². The number of rotatable bonds is 5. The van der Waals surface area contributed by atoms with Crippen LogP contribution in [0.3, 0.4) is 0 Å². The van der Waals surface area contributed by atoms with Crippen molar-refractivity contribution in [2.75, 3.05) is 14.2 Å². The van der Waals surface area contributed by atoms with E-state index in [0.717, 1.165) is 23.5 Å². The molecule has 2 rings (SSSR count). The average molecular weight is 241 g/mol. The summed E-state index contributed by atoms with van der Waals surface area (Å²) in [5.74, 6) is 1.79. The molecular weight excluding hydrogens is 224 g/mol. The van der Waals surface area contributed by atoms with Gasteiger partial charge in [0.1, 0.15) is 11.5 Å². The highest BCUT2D eigenvalue weighted by Crippen LogP contribution is 2.21. The zero-order chi connectivity index (χ0) is 12.8. The van der Waals surface area contributed by atoms with Crippen LogP contribution in [0.2, 0.25) is 0 Å². The lowest BCUT2D eigenvalue weighted by atomic mass is 10.0. The molecule has 2 nitrogen and oxygen atoms in total. The third-order valence-electron chi connectivity index (χ3n) is 2.86. The molecule has 0 aliphatic rings. The van der Waals surface area contributed by atoms with Crippen LogP contribution in [0.15, 0.2) is 48.5 Å². The summed E-state index contributed by atoms with van der Waals surface area (Å²) in [5, 5.41) is 0. The van der Waals surface area contributed by atoms with E-state index in [1.807, 2.05) is 30.3 Å². The van der Waals surface area contributed by atoms with Crippen molar-refractivity contribution in [2.45, 2.75) is 6.42 Å². The highest BCUT2D eigenvalue weighted by molar-refractivity contribution is 5.40. The topological polar surface area (TPSA) is 18.5 Å². The first-order valence-electron chi connectivity index (χ1n) is 5.92. The monoisotopic (exact) mass is 241 g/mol. The second kappa shape index (κ2) is 6.10. The fourth-order valence-corrected chi connectivity index (χ4v) is 1.82. The van der Waals surface area contributed by atoms with Crippen molar-refractivity contribution in [3.05, 3.63) is 66.1 Å².